The first-order valence-corrected chi connectivity index (χ1v) is 8.36. The van der Waals surface area contributed by atoms with E-state index in [-0.39, 0.29) is 0 Å². The number of aryl methyl sites for hydroxylation is 1. The summed E-state index contributed by atoms with van der Waals surface area (Å²) in [6.07, 6.45) is 12.4. The summed E-state index contributed by atoms with van der Waals surface area (Å²) in [6.45, 7) is 4.27. The third-order valence-corrected chi connectivity index (χ3v) is 4.83. The van der Waals surface area contributed by atoms with Gasteiger partial charge in [-0.25, -0.2) is 4.98 Å². The van der Waals surface area contributed by atoms with Crippen molar-refractivity contribution in [3.05, 3.63) is 11.9 Å². The van der Waals surface area contributed by atoms with Crippen LogP contribution < -0.4 is 10.6 Å². The van der Waals surface area contributed by atoms with E-state index in [9.17, 15) is 0 Å². The molecule has 3 rings (SSSR count). The van der Waals surface area contributed by atoms with Crippen LogP contribution in [0.3, 0.4) is 0 Å². The van der Waals surface area contributed by atoms with Crippen molar-refractivity contribution in [2.24, 2.45) is 5.73 Å². The largest absolute Gasteiger partial charge is 0.341 e. The molecular formula is C16H28N4. The van der Waals surface area contributed by atoms with Crippen LogP contribution in [0, 0.1) is 0 Å². The fourth-order valence-corrected chi connectivity index (χ4v) is 3.66. The Morgan fingerprint density at radius 2 is 2.00 bits per heavy atom. The fourth-order valence-electron chi connectivity index (χ4n) is 3.66. The summed E-state index contributed by atoms with van der Waals surface area (Å²) in [7, 11) is 0. The van der Waals surface area contributed by atoms with Gasteiger partial charge in [-0.1, -0.05) is 26.2 Å². The van der Waals surface area contributed by atoms with Gasteiger partial charge in [0.1, 0.15) is 0 Å². The molecule has 2 N–H and O–H groups in total. The zero-order chi connectivity index (χ0) is 13.9. The molecule has 112 valence electrons. The maximum atomic E-state index is 6.15. The standard InChI is InChI=1S/C16H28N4/c1-2-14-12-20(15-8-4-3-5-9-15)16(18-14)19-10-6-7-13(17)11-19/h12-13,15H,2-11,17H2,1H3/t13-/m1/s1. The second-order valence-electron chi connectivity index (χ2n) is 6.43. The summed E-state index contributed by atoms with van der Waals surface area (Å²) in [5.41, 5.74) is 7.38. The topological polar surface area (TPSA) is 47.1 Å². The average molecular weight is 276 g/mol. The molecule has 1 aromatic heterocycles. The molecule has 0 aromatic carbocycles. The Morgan fingerprint density at radius 3 is 2.70 bits per heavy atom. The van der Waals surface area contributed by atoms with Gasteiger partial charge in [0, 0.05) is 31.4 Å². The first-order chi connectivity index (χ1) is 9.78. The van der Waals surface area contributed by atoms with Gasteiger partial charge in [0.2, 0.25) is 5.95 Å². The van der Waals surface area contributed by atoms with Crippen LogP contribution in [0.4, 0.5) is 5.95 Å². The molecule has 2 heterocycles. The van der Waals surface area contributed by atoms with Crippen molar-refractivity contribution in [3.63, 3.8) is 0 Å². The van der Waals surface area contributed by atoms with Gasteiger partial charge in [-0.2, -0.15) is 0 Å². The summed E-state index contributed by atoms with van der Waals surface area (Å²) < 4.78 is 2.47. The minimum atomic E-state index is 0.310. The van der Waals surface area contributed by atoms with Crippen molar-refractivity contribution >= 4 is 5.95 Å². The van der Waals surface area contributed by atoms with E-state index < -0.39 is 0 Å². The van der Waals surface area contributed by atoms with E-state index in [0.717, 1.165) is 25.9 Å². The number of piperidine rings is 1. The van der Waals surface area contributed by atoms with Crippen molar-refractivity contribution in [1.82, 2.24) is 9.55 Å². The van der Waals surface area contributed by atoms with E-state index in [2.05, 4.69) is 22.6 Å². The zero-order valence-electron chi connectivity index (χ0n) is 12.7. The molecule has 1 aliphatic carbocycles. The van der Waals surface area contributed by atoms with Gasteiger partial charge >= 0.3 is 0 Å². The molecule has 20 heavy (non-hydrogen) atoms. The summed E-state index contributed by atoms with van der Waals surface area (Å²) >= 11 is 0. The lowest BCUT2D eigenvalue weighted by Crippen LogP contribution is -2.44. The molecule has 0 radical (unpaired) electrons. The first-order valence-electron chi connectivity index (χ1n) is 8.36. The number of anilines is 1. The molecule has 1 saturated heterocycles. The van der Waals surface area contributed by atoms with Crippen LogP contribution in [0.1, 0.15) is 63.6 Å². The number of rotatable bonds is 3. The first kappa shape index (κ1) is 13.9. The van der Waals surface area contributed by atoms with Crippen molar-refractivity contribution in [2.45, 2.75) is 70.4 Å². The van der Waals surface area contributed by atoms with Crippen LogP contribution >= 0.6 is 0 Å². The van der Waals surface area contributed by atoms with Gasteiger partial charge in [0.15, 0.2) is 0 Å². The fraction of sp³-hybridized carbons (Fsp3) is 0.812. The molecule has 2 aliphatic rings. The Kier molecular flexibility index (Phi) is 4.29. The number of nitrogens with two attached hydrogens (primary N) is 1. The van der Waals surface area contributed by atoms with Crippen LogP contribution in [-0.2, 0) is 6.42 Å². The highest BCUT2D eigenvalue weighted by atomic mass is 15.3. The molecule has 4 heteroatoms. The normalized spacial score (nSPS) is 25.1. The van der Waals surface area contributed by atoms with E-state index in [1.54, 1.807) is 0 Å². The number of aromatic nitrogens is 2. The molecule has 0 bridgehead atoms. The number of hydrogen-bond acceptors (Lipinski definition) is 3. The molecule has 1 aliphatic heterocycles. The molecule has 0 spiro atoms. The van der Waals surface area contributed by atoms with Gasteiger partial charge in [0.05, 0.1) is 5.69 Å². The van der Waals surface area contributed by atoms with Gasteiger partial charge in [-0.3, -0.25) is 0 Å². The molecule has 1 aromatic rings. The monoisotopic (exact) mass is 276 g/mol. The van der Waals surface area contributed by atoms with Crippen LogP contribution in [0.2, 0.25) is 0 Å². The van der Waals surface area contributed by atoms with Gasteiger partial charge in [-0.05, 0) is 32.1 Å². The molecule has 0 unspecified atom stereocenters. The summed E-state index contributed by atoms with van der Waals surface area (Å²) in [5.74, 6) is 1.18. The summed E-state index contributed by atoms with van der Waals surface area (Å²) in [5, 5.41) is 0. The van der Waals surface area contributed by atoms with E-state index in [0.29, 0.717) is 12.1 Å². The number of nitrogens with zero attached hydrogens (tertiary/aromatic N) is 3. The highest BCUT2D eigenvalue weighted by Crippen LogP contribution is 2.32. The smallest absolute Gasteiger partial charge is 0.206 e. The van der Waals surface area contributed by atoms with Gasteiger partial charge in [-0.15, -0.1) is 0 Å². The van der Waals surface area contributed by atoms with Crippen LogP contribution in [-0.4, -0.2) is 28.7 Å². The molecule has 4 nitrogen and oxygen atoms in total. The van der Waals surface area contributed by atoms with Crippen LogP contribution in [0.5, 0.6) is 0 Å². The lowest BCUT2D eigenvalue weighted by atomic mass is 9.95. The molecule has 0 amide bonds. The third-order valence-electron chi connectivity index (χ3n) is 4.83. The molecule has 1 atom stereocenters. The van der Waals surface area contributed by atoms with Crippen LogP contribution in [0.15, 0.2) is 6.20 Å². The Balaban J connectivity index is 1.85. The Bertz CT molecular complexity index is 434. The van der Waals surface area contributed by atoms with E-state index in [1.165, 1.54) is 50.2 Å². The lowest BCUT2D eigenvalue weighted by molar-refractivity contribution is 0.350. The Hall–Kier alpha value is -1.03. The predicted molar refractivity (Wildman–Crippen MR) is 83.1 cm³/mol. The highest BCUT2D eigenvalue weighted by molar-refractivity contribution is 5.35. The van der Waals surface area contributed by atoms with Crippen molar-refractivity contribution in [1.29, 1.82) is 0 Å². The third kappa shape index (κ3) is 2.85. The van der Waals surface area contributed by atoms with Gasteiger partial charge in [0.25, 0.3) is 0 Å². The lowest BCUT2D eigenvalue weighted by Gasteiger charge is -2.34. The quantitative estimate of drug-likeness (QED) is 0.923. The second kappa shape index (κ2) is 6.17. The van der Waals surface area contributed by atoms with Crippen molar-refractivity contribution in [2.75, 3.05) is 18.0 Å². The average Bonchev–Trinajstić information content (AvgIpc) is 2.92. The summed E-state index contributed by atoms with van der Waals surface area (Å²) in [4.78, 5) is 7.31. The zero-order valence-corrected chi connectivity index (χ0v) is 12.7. The predicted octanol–water partition coefficient (Wildman–Crippen LogP) is 2.88. The number of hydrogen-bond donors (Lipinski definition) is 1. The van der Waals surface area contributed by atoms with E-state index in [4.69, 9.17) is 10.7 Å². The number of imidazole rings is 1. The SMILES string of the molecule is CCc1cn(C2CCCCC2)c(N2CCC[C@@H](N)C2)n1. The van der Waals surface area contributed by atoms with Crippen LogP contribution in [0.25, 0.3) is 0 Å². The highest BCUT2D eigenvalue weighted by Gasteiger charge is 2.25. The van der Waals surface area contributed by atoms with Gasteiger partial charge < -0.3 is 15.2 Å². The second-order valence-corrected chi connectivity index (χ2v) is 6.43. The Labute approximate surface area is 122 Å². The van der Waals surface area contributed by atoms with Crippen molar-refractivity contribution < 1.29 is 0 Å². The maximum Gasteiger partial charge on any atom is 0.206 e. The van der Waals surface area contributed by atoms with E-state index >= 15 is 0 Å². The Morgan fingerprint density at radius 1 is 1.20 bits per heavy atom. The van der Waals surface area contributed by atoms with E-state index in [1.807, 2.05) is 0 Å². The molecule has 2 fully saturated rings. The maximum absolute atomic E-state index is 6.15. The minimum absolute atomic E-state index is 0.310. The minimum Gasteiger partial charge on any atom is -0.341 e. The van der Waals surface area contributed by atoms with Crippen molar-refractivity contribution in [3.8, 4) is 0 Å². The summed E-state index contributed by atoms with van der Waals surface area (Å²) in [6, 6.07) is 0.968. The molecule has 1 saturated carbocycles. The molecular weight excluding hydrogens is 248 g/mol.